The lowest BCUT2D eigenvalue weighted by Gasteiger charge is -2.18. The van der Waals surface area contributed by atoms with Crippen molar-refractivity contribution in [3.05, 3.63) is 29.8 Å². The Bertz CT molecular complexity index is 486. The summed E-state index contributed by atoms with van der Waals surface area (Å²) in [6, 6.07) is 2.57. The van der Waals surface area contributed by atoms with Crippen molar-refractivity contribution in [1.29, 1.82) is 0 Å². The molecule has 20 heavy (non-hydrogen) atoms. The topological polar surface area (TPSA) is 84.2 Å². The molecule has 5 nitrogen and oxygen atoms in total. The van der Waals surface area contributed by atoms with E-state index in [9.17, 15) is 18.4 Å². The Morgan fingerprint density at radius 3 is 2.25 bits per heavy atom. The fourth-order valence-corrected chi connectivity index (χ4v) is 1.67. The van der Waals surface area contributed by atoms with Gasteiger partial charge in [0.1, 0.15) is 17.3 Å². The molecule has 7 heteroatoms. The van der Waals surface area contributed by atoms with Crippen molar-refractivity contribution in [2.24, 2.45) is 11.7 Å². The summed E-state index contributed by atoms with van der Waals surface area (Å²) in [5.74, 6) is -3.10. The third kappa shape index (κ3) is 4.27. The summed E-state index contributed by atoms with van der Waals surface area (Å²) < 4.78 is 26.6. The standard InChI is InChI=1S/C13H17F2N3O2/c1-7(2)11(13(16)20)17-6-10(19)18-12-8(14)4-3-5-9(12)15/h3-5,7,11,17H,6H2,1-2H3,(H2,16,20)(H,18,19). The van der Waals surface area contributed by atoms with E-state index in [0.717, 1.165) is 12.1 Å². The molecule has 0 aromatic heterocycles. The Kier molecular flexibility index (Phi) is 5.57. The lowest BCUT2D eigenvalue weighted by molar-refractivity contribution is -0.121. The van der Waals surface area contributed by atoms with Crippen molar-refractivity contribution in [2.75, 3.05) is 11.9 Å². The second-order valence-corrected chi connectivity index (χ2v) is 4.65. The Hall–Kier alpha value is -2.02. The largest absolute Gasteiger partial charge is 0.368 e. The van der Waals surface area contributed by atoms with Gasteiger partial charge in [0.15, 0.2) is 0 Å². The molecule has 0 saturated carbocycles. The molecule has 0 bridgehead atoms. The number of carbonyl (C=O) groups is 2. The molecular weight excluding hydrogens is 268 g/mol. The second kappa shape index (κ2) is 6.95. The van der Waals surface area contributed by atoms with E-state index in [1.807, 2.05) is 0 Å². The summed E-state index contributed by atoms with van der Waals surface area (Å²) in [5, 5.41) is 4.75. The molecule has 1 aromatic carbocycles. The van der Waals surface area contributed by atoms with Crippen molar-refractivity contribution >= 4 is 17.5 Å². The number of nitrogens with two attached hydrogens (primary N) is 1. The minimum atomic E-state index is -0.867. The maximum absolute atomic E-state index is 13.3. The maximum atomic E-state index is 13.3. The van der Waals surface area contributed by atoms with Gasteiger partial charge in [-0.3, -0.25) is 14.9 Å². The van der Waals surface area contributed by atoms with Crippen molar-refractivity contribution in [2.45, 2.75) is 19.9 Å². The summed E-state index contributed by atoms with van der Waals surface area (Å²) >= 11 is 0. The number of hydrogen-bond acceptors (Lipinski definition) is 3. The van der Waals surface area contributed by atoms with Crippen LogP contribution in [0.15, 0.2) is 18.2 Å². The Labute approximate surface area is 115 Å². The Morgan fingerprint density at radius 2 is 1.80 bits per heavy atom. The Morgan fingerprint density at radius 1 is 1.25 bits per heavy atom. The predicted molar refractivity (Wildman–Crippen MR) is 70.8 cm³/mol. The number of carbonyl (C=O) groups excluding carboxylic acids is 2. The number of amides is 2. The lowest BCUT2D eigenvalue weighted by Crippen LogP contribution is -2.47. The summed E-state index contributed by atoms with van der Waals surface area (Å²) in [4.78, 5) is 22.7. The summed E-state index contributed by atoms with van der Waals surface area (Å²) in [6.07, 6.45) is 0. The molecule has 1 atom stereocenters. The molecule has 0 heterocycles. The zero-order valence-electron chi connectivity index (χ0n) is 11.2. The van der Waals surface area contributed by atoms with Crippen LogP contribution < -0.4 is 16.4 Å². The van der Waals surface area contributed by atoms with Gasteiger partial charge in [-0.05, 0) is 18.1 Å². The number of anilines is 1. The van der Waals surface area contributed by atoms with E-state index in [1.165, 1.54) is 6.07 Å². The summed E-state index contributed by atoms with van der Waals surface area (Å²) in [7, 11) is 0. The molecule has 0 radical (unpaired) electrons. The molecule has 4 N–H and O–H groups in total. The molecule has 1 rings (SSSR count). The predicted octanol–water partition coefficient (Wildman–Crippen LogP) is 1.00. The summed E-state index contributed by atoms with van der Waals surface area (Å²) in [6.45, 7) is 3.24. The van der Waals surface area contributed by atoms with E-state index in [-0.39, 0.29) is 12.5 Å². The highest BCUT2D eigenvalue weighted by molar-refractivity contribution is 5.93. The van der Waals surface area contributed by atoms with Gasteiger partial charge in [-0.1, -0.05) is 19.9 Å². The van der Waals surface area contributed by atoms with Crippen LogP contribution in [-0.2, 0) is 9.59 Å². The third-order valence-corrected chi connectivity index (χ3v) is 2.68. The van der Waals surface area contributed by atoms with Crippen LogP contribution in [0.4, 0.5) is 14.5 Å². The van der Waals surface area contributed by atoms with Gasteiger partial charge in [-0.25, -0.2) is 8.78 Å². The normalized spacial score (nSPS) is 12.2. The number of hydrogen-bond donors (Lipinski definition) is 3. The van der Waals surface area contributed by atoms with E-state index >= 15 is 0 Å². The highest BCUT2D eigenvalue weighted by atomic mass is 19.1. The average Bonchev–Trinajstić information content (AvgIpc) is 2.33. The van der Waals surface area contributed by atoms with Gasteiger partial charge in [0.25, 0.3) is 0 Å². The van der Waals surface area contributed by atoms with Crippen LogP contribution in [0, 0.1) is 17.6 Å². The maximum Gasteiger partial charge on any atom is 0.238 e. The van der Waals surface area contributed by atoms with Crippen molar-refractivity contribution in [3.8, 4) is 0 Å². The van der Waals surface area contributed by atoms with Crippen molar-refractivity contribution in [3.63, 3.8) is 0 Å². The number of halogens is 2. The molecule has 1 unspecified atom stereocenters. The molecule has 1 aromatic rings. The van der Waals surface area contributed by atoms with Gasteiger partial charge >= 0.3 is 0 Å². The first-order chi connectivity index (χ1) is 9.32. The molecule has 110 valence electrons. The van der Waals surface area contributed by atoms with Crippen molar-refractivity contribution in [1.82, 2.24) is 5.32 Å². The minimum absolute atomic E-state index is 0.106. The fraction of sp³-hybridized carbons (Fsp3) is 0.385. The molecule has 0 saturated heterocycles. The zero-order chi connectivity index (χ0) is 15.3. The van der Waals surface area contributed by atoms with Crippen molar-refractivity contribution < 1.29 is 18.4 Å². The Balaban J connectivity index is 2.62. The van der Waals surface area contributed by atoms with Gasteiger partial charge in [-0.15, -0.1) is 0 Å². The van der Waals surface area contributed by atoms with Crippen LogP contribution in [0.25, 0.3) is 0 Å². The molecule has 2 amide bonds. The van der Waals surface area contributed by atoms with Gasteiger partial charge in [0, 0.05) is 0 Å². The van der Waals surface area contributed by atoms with Crippen LogP contribution in [0.2, 0.25) is 0 Å². The minimum Gasteiger partial charge on any atom is -0.368 e. The SMILES string of the molecule is CC(C)C(NCC(=O)Nc1c(F)cccc1F)C(N)=O. The lowest BCUT2D eigenvalue weighted by atomic mass is 10.0. The zero-order valence-corrected chi connectivity index (χ0v) is 11.2. The highest BCUT2D eigenvalue weighted by Crippen LogP contribution is 2.17. The smallest absolute Gasteiger partial charge is 0.238 e. The van der Waals surface area contributed by atoms with Crippen LogP contribution >= 0.6 is 0 Å². The first-order valence-electron chi connectivity index (χ1n) is 6.09. The highest BCUT2D eigenvalue weighted by Gasteiger charge is 2.20. The van der Waals surface area contributed by atoms with E-state index in [4.69, 9.17) is 5.73 Å². The van der Waals surface area contributed by atoms with Gasteiger partial charge in [0.2, 0.25) is 11.8 Å². The average molecular weight is 285 g/mol. The van der Waals surface area contributed by atoms with E-state index in [2.05, 4.69) is 10.6 Å². The van der Waals surface area contributed by atoms with Crippen LogP contribution in [-0.4, -0.2) is 24.4 Å². The fourth-order valence-electron chi connectivity index (χ4n) is 1.67. The van der Waals surface area contributed by atoms with Crippen LogP contribution in [0.5, 0.6) is 0 Å². The van der Waals surface area contributed by atoms with E-state index in [1.54, 1.807) is 13.8 Å². The molecule has 0 aliphatic carbocycles. The van der Waals surface area contributed by atoms with E-state index < -0.39 is 35.2 Å². The third-order valence-electron chi connectivity index (χ3n) is 2.68. The van der Waals surface area contributed by atoms with Crippen LogP contribution in [0.3, 0.4) is 0 Å². The first kappa shape index (κ1) is 16.0. The number of benzene rings is 1. The molecule has 0 spiro atoms. The number of para-hydroxylation sites is 1. The first-order valence-corrected chi connectivity index (χ1v) is 6.09. The summed E-state index contributed by atoms with van der Waals surface area (Å²) in [5.41, 5.74) is 4.66. The van der Waals surface area contributed by atoms with Gasteiger partial charge in [-0.2, -0.15) is 0 Å². The number of rotatable bonds is 6. The molecule has 0 aliphatic rings. The second-order valence-electron chi connectivity index (χ2n) is 4.65. The number of nitrogens with one attached hydrogen (secondary N) is 2. The quantitative estimate of drug-likeness (QED) is 0.729. The number of primary amides is 1. The van der Waals surface area contributed by atoms with Crippen LogP contribution in [0.1, 0.15) is 13.8 Å². The monoisotopic (exact) mass is 285 g/mol. The molecule has 0 aliphatic heterocycles. The van der Waals surface area contributed by atoms with E-state index in [0.29, 0.717) is 0 Å². The molecular formula is C13H17F2N3O2. The molecule has 0 fully saturated rings. The van der Waals surface area contributed by atoms with Gasteiger partial charge < -0.3 is 11.1 Å². The van der Waals surface area contributed by atoms with Gasteiger partial charge in [0.05, 0.1) is 12.6 Å².